The van der Waals surface area contributed by atoms with E-state index in [4.69, 9.17) is 4.42 Å². The first-order valence-corrected chi connectivity index (χ1v) is 10.6. The highest BCUT2D eigenvalue weighted by atomic mass is 19.1. The number of anilines is 1. The highest BCUT2D eigenvalue weighted by Gasteiger charge is 2.22. The van der Waals surface area contributed by atoms with Crippen molar-refractivity contribution in [3.05, 3.63) is 89.6 Å². The molecule has 0 atom stereocenters. The molecule has 7 heteroatoms. The van der Waals surface area contributed by atoms with Crippen molar-refractivity contribution >= 4 is 17.6 Å². The van der Waals surface area contributed by atoms with Crippen LogP contribution in [0.3, 0.4) is 0 Å². The molecule has 1 N–H and O–H groups in total. The Morgan fingerprint density at radius 3 is 2.44 bits per heavy atom. The maximum absolute atomic E-state index is 13.3. The Morgan fingerprint density at radius 1 is 1.00 bits per heavy atom. The number of nitrogens with zero attached hydrogens (tertiary/aromatic N) is 2. The topological polar surface area (TPSA) is 65.8 Å². The first-order valence-electron chi connectivity index (χ1n) is 10.6. The van der Waals surface area contributed by atoms with Crippen LogP contribution in [0.5, 0.6) is 0 Å². The normalized spacial score (nSPS) is 10.6. The minimum Gasteiger partial charge on any atom is -0.467 e. The molecular weight excluding hydrogens is 409 g/mol. The molecule has 0 saturated carbocycles. The molecule has 3 amide bonds. The fourth-order valence-corrected chi connectivity index (χ4v) is 3.34. The van der Waals surface area contributed by atoms with Crippen LogP contribution in [0.15, 0.2) is 71.3 Å². The van der Waals surface area contributed by atoms with Crippen molar-refractivity contribution in [3.63, 3.8) is 0 Å². The molecule has 0 aliphatic carbocycles. The third-order valence-corrected chi connectivity index (χ3v) is 4.94. The summed E-state index contributed by atoms with van der Waals surface area (Å²) in [4.78, 5) is 29.2. The van der Waals surface area contributed by atoms with Gasteiger partial charge >= 0.3 is 6.03 Å². The molecule has 3 aromatic rings. The lowest BCUT2D eigenvalue weighted by molar-refractivity contribution is -0.133. The number of aryl methyl sites for hydroxylation is 1. The van der Waals surface area contributed by atoms with E-state index in [2.05, 4.69) is 5.32 Å². The smallest absolute Gasteiger partial charge is 0.322 e. The van der Waals surface area contributed by atoms with Crippen LogP contribution in [0.25, 0.3) is 0 Å². The van der Waals surface area contributed by atoms with Crippen LogP contribution in [0, 0.1) is 12.7 Å². The Labute approximate surface area is 187 Å². The van der Waals surface area contributed by atoms with Crippen LogP contribution in [0.2, 0.25) is 0 Å². The number of hydrogen-bond donors (Lipinski definition) is 1. The number of hydrogen-bond acceptors (Lipinski definition) is 3. The van der Waals surface area contributed by atoms with E-state index in [0.717, 1.165) is 11.1 Å². The summed E-state index contributed by atoms with van der Waals surface area (Å²) in [5.74, 6) is 0.0740. The van der Waals surface area contributed by atoms with Gasteiger partial charge in [0.05, 0.1) is 12.8 Å². The van der Waals surface area contributed by atoms with Gasteiger partial charge in [0.1, 0.15) is 18.1 Å². The third kappa shape index (κ3) is 6.70. The molecule has 1 aromatic heterocycles. The van der Waals surface area contributed by atoms with Crippen LogP contribution in [0.4, 0.5) is 14.9 Å². The zero-order valence-corrected chi connectivity index (χ0v) is 18.4. The van der Waals surface area contributed by atoms with E-state index < -0.39 is 0 Å². The van der Waals surface area contributed by atoms with Gasteiger partial charge < -0.3 is 19.5 Å². The minimum atomic E-state index is -0.334. The molecule has 6 nitrogen and oxygen atoms in total. The van der Waals surface area contributed by atoms with Gasteiger partial charge in [0.15, 0.2) is 0 Å². The molecule has 0 unspecified atom stereocenters. The second-order valence-corrected chi connectivity index (χ2v) is 7.68. The quantitative estimate of drug-likeness (QED) is 0.500. The number of amides is 3. The number of halogens is 1. The van der Waals surface area contributed by atoms with E-state index in [-0.39, 0.29) is 37.4 Å². The van der Waals surface area contributed by atoms with Crippen LogP contribution >= 0.6 is 0 Å². The monoisotopic (exact) mass is 437 g/mol. The van der Waals surface area contributed by atoms with Gasteiger partial charge in [-0.3, -0.25) is 4.79 Å². The van der Waals surface area contributed by atoms with Crippen LogP contribution < -0.4 is 5.32 Å². The molecule has 2 aromatic carbocycles. The number of urea groups is 1. The molecule has 0 aliphatic rings. The van der Waals surface area contributed by atoms with E-state index in [1.54, 1.807) is 35.4 Å². The van der Waals surface area contributed by atoms with E-state index >= 15 is 0 Å². The van der Waals surface area contributed by atoms with Crippen LogP contribution in [0.1, 0.15) is 30.2 Å². The van der Waals surface area contributed by atoms with Gasteiger partial charge in [0, 0.05) is 18.8 Å². The first kappa shape index (κ1) is 23.1. The Morgan fingerprint density at radius 2 is 1.78 bits per heavy atom. The molecule has 0 radical (unpaired) electrons. The third-order valence-electron chi connectivity index (χ3n) is 4.94. The van der Waals surface area contributed by atoms with Crippen molar-refractivity contribution in [1.29, 1.82) is 0 Å². The summed E-state index contributed by atoms with van der Waals surface area (Å²) in [7, 11) is 0. The Kier molecular flexibility index (Phi) is 8.02. The molecule has 168 valence electrons. The van der Waals surface area contributed by atoms with Gasteiger partial charge in [-0.15, -0.1) is 0 Å². The molecule has 1 heterocycles. The maximum Gasteiger partial charge on any atom is 0.322 e. The molecule has 0 bridgehead atoms. The Balaban J connectivity index is 1.73. The summed E-state index contributed by atoms with van der Waals surface area (Å²) in [6, 6.07) is 16.7. The fourth-order valence-electron chi connectivity index (χ4n) is 3.34. The van der Waals surface area contributed by atoms with Gasteiger partial charge in [-0.25, -0.2) is 9.18 Å². The van der Waals surface area contributed by atoms with Crippen molar-refractivity contribution in [3.8, 4) is 0 Å². The predicted molar refractivity (Wildman–Crippen MR) is 121 cm³/mol. The molecule has 0 saturated heterocycles. The number of furan rings is 1. The largest absolute Gasteiger partial charge is 0.467 e. The average Bonchev–Trinajstić information content (AvgIpc) is 3.27. The minimum absolute atomic E-state index is 0.0760. The standard InChI is InChI=1S/C25H28FN3O3/c1-3-13-28(25(31)27-22-7-4-6-19(2)15-22)18-24(30)29(17-23-8-5-14-32-23)16-20-9-11-21(26)12-10-20/h4-12,14-15H,3,13,16-18H2,1-2H3,(H,27,31). The zero-order valence-electron chi connectivity index (χ0n) is 18.4. The SMILES string of the molecule is CCCN(CC(=O)N(Cc1ccc(F)cc1)Cc1ccco1)C(=O)Nc1cccc(C)c1. The summed E-state index contributed by atoms with van der Waals surface area (Å²) >= 11 is 0. The highest BCUT2D eigenvalue weighted by molar-refractivity contribution is 5.92. The van der Waals surface area contributed by atoms with Crippen molar-refractivity contribution in [2.45, 2.75) is 33.4 Å². The lowest BCUT2D eigenvalue weighted by atomic mass is 10.2. The van der Waals surface area contributed by atoms with Crippen molar-refractivity contribution in [1.82, 2.24) is 9.80 Å². The van der Waals surface area contributed by atoms with Crippen LogP contribution in [-0.2, 0) is 17.9 Å². The Hall–Kier alpha value is -3.61. The van der Waals surface area contributed by atoms with Gasteiger partial charge in [-0.05, 0) is 60.9 Å². The number of carbonyl (C=O) groups is 2. The summed E-state index contributed by atoms with van der Waals surface area (Å²) in [6.07, 6.45) is 2.26. The second-order valence-electron chi connectivity index (χ2n) is 7.68. The van der Waals surface area contributed by atoms with Gasteiger partial charge in [-0.2, -0.15) is 0 Å². The zero-order chi connectivity index (χ0) is 22.9. The number of carbonyl (C=O) groups excluding carboxylic acids is 2. The molecule has 0 aliphatic heterocycles. The fraction of sp³-hybridized carbons (Fsp3) is 0.280. The summed E-state index contributed by atoms with van der Waals surface area (Å²) in [5, 5.41) is 2.87. The van der Waals surface area contributed by atoms with Crippen LogP contribution in [-0.4, -0.2) is 34.8 Å². The van der Waals surface area contributed by atoms with Gasteiger partial charge in [0.25, 0.3) is 0 Å². The number of rotatable bonds is 9. The van der Waals surface area contributed by atoms with E-state index in [1.165, 1.54) is 17.0 Å². The molecular formula is C25H28FN3O3. The molecule has 0 fully saturated rings. The second kappa shape index (κ2) is 11.1. The number of benzene rings is 2. The van der Waals surface area contributed by atoms with E-state index in [0.29, 0.717) is 24.4 Å². The highest BCUT2D eigenvalue weighted by Crippen LogP contribution is 2.14. The lowest BCUT2D eigenvalue weighted by Gasteiger charge is -2.27. The predicted octanol–water partition coefficient (Wildman–Crippen LogP) is 5.20. The van der Waals surface area contributed by atoms with E-state index in [9.17, 15) is 14.0 Å². The molecule has 32 heavy (non-hydrogen) atoms. The summed E-state index contributed by atoms with van der Waals surface area (Å²) in [6.45, 7) is 4.80. The number of nitrogens with one attached hydrogen (secondary N) is 1. The van der Waals surface area contributed by atoms with Crippen molar-refractivity contribution in [2.75, 3.05) is 18.4 Å². The molecule has 0 spiro atoms. The van der Waals surface area contributed by atoms with Gasteiger partial charge in [-0.1, -0.05) is 31.2 Å². The first-order chi connectivity index (χ1) is 15.4. The summed E-state index contributed by atoms with van der Waals surface area (Å²) < 4.78 is 18.7. The summed E-state index contributed by atoms with van der Waals surface area (Å²) in [5.41, 5.74) is 2.50. The maximum atomic E-state index is 13.3. The Bertz CT molecular complexity index is 1020. The van der Waals surface area contributed by atoms with Gasteiger partial charge in [0.2, 0.25) is 5.91 Å². The van der Waals surface area contributed by atoms with E-state index in [1.807, 2.05) is 38.1 Å². The lowest BCUT2D eigenvalue weighted by Crippen LogP contribution is -2.44. The van der Waals surface area contributed by atoms with Crippen molar-refractivity contribution in [2.24, 2.45) is 0 Å². The molecule has 3 rings (SSSR count). The van der Waals surface area contributed by atoms with Crippen molar-refractivity contribution < 1.29 is 18.4 Å². The average molecular weight is 438 g/mol.